The molecule has 0 aliphatic carbocycles. The molecule has 4 heteroatoms. The number of carbonyl (C=O) groups is 1. The summed E-state index contributed by atoms with van der Waals surface area (Å²) in [6, 6.07) is 0. The SMILES string of the molecule is C=CC.O=C(O)O.P. The molecule has 0 aliphatic rings. The molecule has 0 aromatic carbocycles. The van der Waals surface area contributed by atoms with E-state index in [1.54, 1.807) is 6.08 Å². The number of rotatable bonds is 0. The Labute approximate surface area is 51.7 Å². The zero-order valence-corrected chi connectivity index (χ0v) is 6.21. The summed E-state index contributed by atoms with van der Waals surface area (Å²) in [5.41, 5.74) is 0. The van der Waals surface area contributed by atoms with Gasteiger partial charge in [0.15, 0.2) is 0 Å². The van der Waals surface area contributed by atoms with E-state index in [1.165, 1.54) is 0 Å². The number of hydrogen-bond donors (Lipinski definition) is 2. The van der Waals surface area contributed by atoms with E-state index in [1.807, 2.05) is 6.92 Å². The molecule has 50 valence electrons. The monoisotopic (exact) mass is 138 g/mol. The van der Waals surface area contributed by atoms with Gasteiger partial charge in [-0.1, -0.05) is 6.08 Å². The van der Waals surface area contributed by atoms with Gasteiger partial charge in [-0.3, -0.25) is 0 Å². The van der Waals surface area contributed by atoms with Gasteiger partial charge < -0.3 is 10.2 Å². The Morgan fingerprint density at radius 1 is 1.62 bits per heavy atom. The smallest absolute Gasteiger partial charge is 0.450 e. The highest BCUT2D eigenvalue weighted by molar-refractivity contribution is 6.92. The first-order valence-electron chi connectivity index (χ1n) is 1.64. The Morgan fingerprint density at radius 2 is 1.62 bits per heavy atom. The third-order valence-electron chi connectivity index (χ3n) is 0. The van der Waals surface area contributed by atoms with Gasteiger partial charge in [0, 0.05) is 0 Å². The van der Waals surface area contributed by atoms with Crippen molar-refractivity contribution < 1.29 is 15.0 Å². The van der Waals surface area contributed by atoms with Crippen LogP contribution in [-0.4, -0.2) is 16.4 Å². The van der Waals surface area contributed by atoms with Crippen LogP contribution in [-0.2, 0) is 0 Å². The highest BCUT2D eigenvalue weighted by atomic mass is 31.0. The lowest BCUT2D eigenvalue weighted by Gasteiger charge is -1.60. The Morgan fingerprint density at radius 3 is 1.62 bits per heavy atom. The minimum atomic E-state index is -1.83. The number of carboxylic acid groups (broad SMARTS) is 2. The molecule has 0 aromatic rings. The minimum Gasteiger partial charge on any atom is -0.450 e. The normalized spacial score (nSPS) is 4.62. The molecule has 0 aromatic heterocycles. The lowest BCUT2D eigenvalue weighted by Crippen LogP contribution is -1.81. The largest absolute Gasteiger partial charge is 0.503 e. The molecule has 3 nitrogen and oxygen atoms in total. The van der Waals surface area contributed by atoms with Crippen LogP contribution >= 0.6 is 9.90 Å². The van der Waals surface area contributed by atoms with Crippen LogP contribution in [0.3, 0.4) is 0 Å². The Hall–Kier alpha value is -0.560. The fourth-order valence-electron chi connectivity index (χ4n) is 0. The van der Waals surface area contributed by atoms with Crippen LogP contribution in [0.25, 0.3) is 0 Å². The van der Waals surface area contributed by atoms with Gasteiger partial charge in [-0.25, -0.2) is 4.79 Å². The zero-order valence-electron chi connectivity index (χ0n) is 4.79. The molecule has 1 atom stereocenters. The first kappa shape index (κ1) is 15.7. The van der Waals surface area contributed by atoms with Gasteiger partial charge in [0.2, 0.25) is 0 Å². The topological polar surface area (TPSA) is 57.5 Å². The number of hydrogen-bond acceptors (Lipinski definition) is 1. The summed E-state index contributed by atoms with van der Waals surface area (Å²) in [5, 5.41) is 13.9. The Bertz CT molecular complexity index is 58.3. The second kappa shape index (κ2) is 16.1. The summed E-state index contributed by atoms with van der Waals surface area (Å²) in [6.07, 6.45) is -0.0833. The maximum atomic E-state index is 8.56. The lowest BCUT2D eigenvalue weighted by atomic mass is 10.8. The van der Waals surface area contributed by atoms with Gasteiger partial charge >= 0.3 is 6.16 Å². The first-order valence-corrected chi connectivity index (χ1v) is 1.64. The summed E-state index contributed by atoms with van der Waals surface area (Å²) in [7, 11) is 0. The van der Waals surface area contributed by atoms with E-state index in [9.17, 15) is 0 Å². The van der Waals surface area contributed by atoms with Gasteiger partial charge in [-0.2, -0.15) is 9.90 Å². The zero-order chi connectivity index (χ0) is 6.28. The summed E-state index contributed by atoms with van der Waals surface area (Å²) in [5.74, 6) is 0. The lowest BCUT2D eigenvalue weighted by molar-refractivity contribution is 0.137. The second-order valence-electron chi connectivity index (χ2n) is 0.691. The molecule has 0 amide bonds. The predicted octanol–water partition coefficient (Wildman–Crippen LogP) is 1.47. The highest BCUT2D eigenvalue weighted by Gasteiger charge is 1.70. The Balaban J connectivity index is -0.0000000575. The Kier molecular flexibility index (Phi) is 31.5. The van der Waals surface area contributed by atoms with Crippen LogP contribution in [0.2, 0.25) is 0 Å². The fourth-order valence-corrected chi connectivity index (χ4v) is 0. The summed E-state index contributed by atoms with van der Waals surface area (Å²) in [4.78, 5) is 8.56. The van der Waals surface area contributed by atoms with Crippen molar-refractivity contribution in [2.75, 3.05) is 0 Å². The first-order chi connectivity index (χ1) is 3.15. The van der Waals surface area contributed by atoms with Crippen molar-refractivity contribution >= 4 is 16.1 Å². The molecular formula is C4H11O3P. The maximum Gasteiger partial charge on any atom is 0.503 e. The van der Waals surface area contributed by atoms with Crippen LogP contribution in [0.4, 0.5) is 4.79 Å². The van der Waals surface area contributed by atoms with E-state index < -0.39 is 6.16 Å². The van der Waals surface area contributed by atoms with Crippen molar-refractivity contribution in [3.8, 4) is 0 Å². The highest BCUT2D eigenvalue weighted by Crippen LogP contribution is 1.42. The van der Waals surface area contributed by atoms with Gasteiger partial charge in [0.1, 0.15) is 0 Å². The summed E-state index contributed by atoms with van der Waals surface area (Å²) < 4.78 is 0. The molecule has 0 radical (unpaired) electrons. The van der Waals surface area contributed by atoms with E-state index in [2.05, 4.69) is 6.58 Å². The van der Waals surface area contributed by atoms with Crippen molar-refractivity contribution in [2.45, 2.75) is 6.92 Å². The van der Waals surface area contributed by atoms with Gasteiger partial charge in [-0.05, 0) is 6.92 Å². The van der Waals surface area contributed by atoms with E-state index in [0.29, 0.717) is 0 Å². The van der Waals surface area contributed by atoms with Crippen molar-refractivity contribution in [3.63, 3.8) is 0 Å². The molecule has 2 N–H and O–H groups in total. The molecule has 0 saturated carbocycles. The molecule has 8 heavy (non-hydrogen) atoms. The van der Waals surface area contributed by atoms with Crippen LogP contribution < -0.4 is 0 Å². The van der Waals surface area contributed by atoms with Crippen molar-refractivity contribution in [1.82, 2.24) is 0 Å². The van der Waals surface area contributed by atoms with E-state index in [0.717, 1.165) is 0 Å². The van der Waals surface area contributed by atoms with Crippen LogP contribution in [0, 0.1) is 0 Å². The maximum absolute atomic E-state index is 8.56. The average Bonchev–Trinajstić information content (AvgIpc) is 1.33. The van der Waals surface area contributed by atoms with Crippen molar-refractivity contribution in [3.05, 3.63) is 12.7 Å². The fraction of sp³-hybridized carbons (Fsp3) is 0.250. The standard InChI is InChI=1S/C3H6.CH2O3.H3P/c1-3-2;2-1(3)4;/h3H,1H2,2H3;(H2,2,3,4);1H3. The van der Waals surface area contributed by atoms with E-state index in [-0.39, 0.29) is 9.90 Å². The molecule has 0 fully saturated rings. The molecule has 0 saturated heterocycles. The van der Waals surface area contributed by atoms with E-state index in [4.69, 9.17) is 15.0 Å². The van der Waals surface area contributed by atoms with Crippen LogP contribution in [0.15, 0.2) is 12.7 Å². The molecule has 0 heterocycles. The minimum absolute atomic E-state index is 0. The molecular weight excluding hydrogens is 127 g/mol. The van der Waals surface area contributed by atoms with Gasteiger partial charge in [-0.15, -0.1) is 6.58 Å². The molecule has 1 unspecified atom stereocenters. The van der Waals surface area contributed by atoms with E-state index >= 15 is 0 Å². The predicted molar refractivity (Wildman–Crippen MR) is 37.6 cm³/mol. The van der Waals surface area contributed by atoms with Crippen molar-refractivity contribution in [1.29, 1.82) is 0 Å². The summed E-state index contributed by atoms with van der Waals surface area (Å²) in [6.45, 7) is 5.25. The molecule has 0 aliphatic heterocycles. The van der Waals surface area contributed by atoms with Crippen LogP contribution in [0.5, 0.6) is 0 Å². The van der Waals surface area contributed by atoms with Crippen LogP contribution in [0.1, 0.15) is 6.92 Å². The molecule has 0 spiro atoms. The molecule has 0 rings (SSSR count). The third kappa shape index (κ3) is 342. The summed E-state index contributed by atoms with van der Waals surface area (Å²) >= 11 is 0. The van der Waals surface area contributed by atoms with Crippen molar-refractivity contribution in [2.24, 2.45) is 0 Å². The third-order valence-corrected chi connectivity index (χ3v) is 0. The number of allylic oxidation sites excluding steroid dienone is 1. The quantitative estimate of drug-likeness (QED) is 0.393. The molecule has 0 bridgehead atoms. The van der Waals surface area contributed by atoms with Gasteiger partial charge in [0.05, 0.1) is 0 Å². The average molecular weight is 138 g/mol. The second-order valence-corrected chi connectivity index (χ2v) is 0.691. The van der Waals surface area contributed by atoms with Gasteiger partial charge in [0.25, 0.3) is 0 Å².